The Balaban J connectivity index is 2.13. The summed E-state index contributed by atoms with van der Waals surface area (Å²) in [4.78, 5) is 15.7. The molecule has 1 aliphatic rings. The molecule has 0 saturated carbocycles. The van der Waals surface area contributed by atoms with Gasteiger partial charge in [0.1, 0.15) is 11.4 Å². The summed E-state index contributed by atoms with van der Waals surface area (Å²) < 4.78 is 5.53. The van der Waals surface area contributed by atoms with Crippen molar-refractivity contribution in [2.24, 2.45) is 0 Å². The van der Waals surface area contributed by atoms with E-state index in [1.807, 2.05) is 51.1 Å². The van der Waals surface area contributed by atoms with Gasteiger partial charge in [0.25, 0.3) is 0 Å². The van der Waals surface area contributed by atoms with Crippen molar-refractivity contribution in [1.82, 2.24) is 0 Å². The van der Waals surface area contributed by atoms with Crippen LogP contribution in [-0.4, -0.2) is 16.8 Å². The number of carbonyl (C=O) groups is 1. The van der Waals surface area contributed by atoms with Crippen molar-refractivity contribution in [3.8, 4) is 5.75 Å². The zero-order valence-corrected chi connectivity index (χ0v) is 13.5. The Morgan fingerprint density at radius 2 is 1.77 bits per heavy atom. The van der Waals surface area contributed by atoms with Gasteiger partial charge in [0.05, 0.1) is 16.3 Å². The van der Waals surface area contributed by atoms with Gasteiger partial charge in [0, 0.05) is 4.90 Å². The van der Waals surface area contributed by atoms with E-state index in [0.29, 0.717) is 10.6 Å². The van der Waals surface area contributed by atoms with E-state index in [-0.39, 0.29) is 5.75 Å². The quantitative estimate of drug-likeness (QED) is 0.749. The average molecular weight is 315 g/mol. The summed E-state index contributed by atoms with van der Waals surface area (Å²) in [7, 11) is 0. The van der Waals surface area contributed by atoms with Crippen LogP contribution in [0.15, 0.2) is 52.3 Å². The maximum atomic E-state index is 12.7. The Kier molecular flexibility index (Phi) is 3.53. The van der Waals surface area contributed by atoms with Gasteiger partial charge in [-0.2, -0.15) is 0 Å². The minimum absolute atomic E-state index is 0.158. The number of amides is 1. The second-order valence-electron chi connectivity index (χ2n) is 6.01. The minimum atomic E-state index is -0.590. The topological polar surface area (TPSA) is 49.8 Å². The number of para-hydroxylation sites is 1. The largest absolute Gasteiger partial charge is 0.507 e. The minimum Gasteiger partial charge on any atom is -0.507 e. The van der Waals surface area contributed by atoms with Crippen LogP contribution in [0.2, 0.25) is 0 Å². The summed E-state index contributed by atoms with van der Waals surface area (Å²) in [6, 6.07) is 12.7. The Morgan fingerprint density at radius 3 is 2.50 bits per heavy atom. The summed E-state index contributed by atoms with van der Waals surface area (Å²) in [5, 5.41) is 10.1. The fraction of sp³-hybridized carbons (Fsp3) is 0.235. The first-order valence-corrected chi connectivity index (χ1v) is 7.80. The number of benzene rings is 2. The third-order valence-electron chi connectivity index (χ3n) is 3.11. The lowest BCUT2D eigenvalue weighted by atomic mass is 10.2. The number of rotatable bonds is 0. The summed E-state index contributed by atoms with van der Waals surface area (Å²) in [6.07, 6.45) is -0.452. The van der Waals surface area contributed by atoms with Crippen LogP contribution in [0.5, 0.6) is 5.75 Å². The van der Waals surface area contributed by atoms with Crippen molar-refractivity contribution < 1.29 is 14.6 Å². The molecule has 0 atom stereocenters. The molecule has 22 heavy (non-hydrogen) atoms. The molecule has 0 spiro atoms. The van der Waals surface area contributed by atoms with Crippen molar-refractivity contribution in [1.29, 1.82) is 0 Å². The predicted octanol–water partition coefficient (Wildman–Crippen LogP) is 4.93. The van der Waals surface area contributed by atoms with Gasteiger partial charge >= 0.3 is 6.09 Å². The van der Waals surface area contributed by atoms with Gasteiger partial charge in [0.15, 0.2) is 0 Å². The van der Waals surface area contributed by atoms with Gasteiger partial charge in [-0.1, -0.05) is 30.0 Å². The van der Waals surface area contributed by atoms with Gasteiger partial charge in [-0.3, -0.25) is 0 Å². The zero-order valence-electron chi connectivity index (χ0n) is 12.7. The number of hydrogen-bond acceptors (Lipinski definition) is 4. The molecule has 5 heteroatoms. The van der Waals surface area contributed by atoms with Gasteiger partial charge in [0.2, 0.25) is 0 Å². The highest BCUT2D eigenvalue weighted by Crippen LogP contribution is 2.51. The van der Waals surface area contributed by atoms with Crippen LogP contribution < -0.4 is 4.90 Å². The second kappa shape index (κ2) is 5.25. The molecule has 0 bridgehead atoms. The summed E-state index contributed by atoms with van der Waals surface area (Å²) >= 11 is 1.45. The summed E-state index contributed by atoms with van der Waals surface area (Å²) in [5.74, 6) is 0.158. The average Bonchev–Trinajstić information content (AvgIpc) is 2.43. The van der Waals surface area contributed by atoms with E-state index in [1.54, 1.807) is 12.1 Å². The van der Waals surface area contributed by atoms with Crippen molar-refractivity contribution in [2.45, 2.75) is 36.2 Å². The highest BCUT2D eigenvalue weighted by Gasteiger charge is 2.32. The van der Waals surface area contributed by atoms with Gasteiger partial charge in [-0.05, 0) is 45.0 Å². The molecule has 0 aromatic heterocycles. The van der Waals surface area contributed by atoms with Crippen molar-refractivity contribution in [3.63, 3.8) is 0 Å². The molecular formula is C17H17NO3S. The fourth-order valence-corrected chi connectivity index (χ4v) is 3.33. The molecule has 4 nitrogen and oxygen atoms in total. The molecule has 0 radical (unpaired) electrons. The van der Waals surface area contributed by atoms with Crippen LogP contribution in [-0.2, 0) is 4.74 Å². The third kappa shape index (κ3) is 2.64. The Labute approximate surface area is 133 Å². The summed E-state index contributed by atoms with van der Waals surface area (Å²) in [5.41, 5.74) is 0.811. The van der Waals surface area contributed by atoms with E-state index in [9.17, 15) is 9.90 Å². The Hall–Kier alpha value is -2.14. The molecule has 1 N–H and O–H groups in total. The van der Waals surface area contributed by atoms with Crippen molar-refractivity contribution in [3.05, 3.63) is 42.5 Å². The van der Waals surface area contributed by atoms with E-state index in [4.69, 9.17) is 4.74 Å². The van der Waals surface area contributed by atoms with E-state index in [0.717, 1.165) is 10.6 Å². The molecule has 114 valence electrons. The number of hydrogen-bond donors (Lipinski definition) is 1. The van der Waals surface area contributed by atoms with E-state index >= 15 is 0 Å². The monoisotopic (exact) mass is 315 g/mol. The molecule has 2 aromatic carbocycles. The molecule has 0 unspecified atom stereocenters. The first kappa shape index (κ1) is 14.8. The Bertz CT molecular complexity index is 737. The van der Waals surface area contributed by atoms with Crippen molar-refractivity contribution in [2.75, 3.05) is 4.90 Å². The Morgan fingerprint density at radius 1 is 1.09 bits per heavy atom. The van der Waals surface area contributed by atoms with E-state index < -0.39 is 11.7 Å². The fourth-order valence-electron chi connectivity index (χ4n) is 2.27. The number of phenols is 1. The van der Waals surface area contributed by atoms with Crippen molar-refractivity contribution >= 4 is 29.2 Å². The molecule has 1 heterocycles. The first-order valence-electron chi connectivity index (χ1n) is 6.99. The number of fused-ring (bicyclic) bond motifs is 2. The lowest BCUT2D eigenvalue weighted by Crippen LogP contribution is -2.35. The van der Waals surface area contributed by atoms with Crippen LogP contribution in [0.4, 0.5) is 16.2 Å². The second-order valence-corrected chi connectivity index (χ2v) is 7.06. The van der Waals surface area contributed by atoms with Gasteiger partial charge < -0.3 is 9.84 Å². The van der Waals surface area contributed by atoms with Gasteiger partial charge in [-0.25, -0.2) is 9.69 Å². The molecule has 0 fully saturated rings. The molecular weight excluding hydrogens is 298 g/mol. The number of ether oxygens (including phenoxy) is 1. The smallest absolute Gasteiger partial charge is 0.419 e. The third-order valence-corrected chi connectivity index (χ3v) is 4.30. The molecule has 0 saturated heterocycles. The zero-order chi connectivity index (χ0) is 15.9. The standard InChI is InChI=1S/C17H17NO3S/c1-17(2,3)21-16(20)18-11-7-4-5-10-14(11)22-15-12(18)8-6-9-13(15)19/h4-10,19H,1-3H3. The van der Waals surface area contributed by atoms with Gasteiger partial charge in [-0.15, -0.1) is 0 Å². The predicted molar refractivity (Wildman–Crippen MR) is 87.0 cm³/mol. The maximum Gasteiger partial charge on any atom is 0.419 e. The SMILES string of the molecule is CC(C)(C)OC(=O)N1c2ccccc2Sc2c(O)cccc21. The van der Waals surface area contributed by atoms with Crippen LogP contribution >= 0.6 is 11.8 Å². The number of nitrogens with zero attached hydrogens (tertiary/aromatic N) is 1. The lowest BCUT2D eigenvalue weighted by molar-refractivity contribution is 0.0597. The van der Waals surface area contributed by atoms with Crippen LogP contribution in [0, 0.1) is 0 Å². The lowest BCUT2D eigenvalue weighted by Gasteiger charge is -2.32. The molecule has 1 aliphatic heterocycles. The van der Waals surface area contributed by atoms with Crippen LogP contribution in [0.1, 0.15) is 20.8 Å². The van der Waals surface area contributed by atoms with E-state index in [2.05, 4.69) is 0 Å². The number of anilines is 2. The molecule has 2 aromatic rings. The normalized spacial score (nSPS) is 13.3. The summed E-state index contributed by atoms with van der Waals surface area (Å²) in [6.45, 7) is 5.50. The highest BCUT2D eigenvalue weighted by molar-refractivity contribution is 7.99. The molecule has 1 amide bonds. The van der Waals surface area contributed by atoms with Crippen LogP contribution in [0.3, 0.4) is 0 Å². The first-order chi connectivity index (χ1) is 10.4. The number of aromatic hydroxyl groups is 1. The maximum absolute atomic E-state index is 12.7. The molecule has 0 aliphatic carbocycles. The molecule has 3 rings (SSSR count). The van der Waals surface area contributed by atoms with E-state index in [1.165, 1.54) is 16.7 Å². The van der Waals surface area contributed by atoms with Crippen LogP contribution in [0.25, 0.3) is 0 Å². The number of carbonyl (C=O) groups excluding carboxylic acids is 1. The highest BCUT2D eigenvalue weighted by atomic mass is 32.2. The number of phenolic OH excluding ortho intramolecular Hbond substituents is 1.